The average molecular weight is 274 g/mol. The number of alkyl halides is 2. The van der Waals surface area contributed by atoms with Crippen LogP contribution in [0.3, 0.4) is 0 Å². The highest BCUT2D eigenvalue weighted by atomic mass is 19.3. The van der Waals surface area contributed by atoms with Crippen LogP contribution in [0.25, 0.3) is 0 Å². The van der Waals surface area contributed by atoms with E-state index in [0.29, 0.717) is 12.8 Å². The molecule has 0 atom stereocenters. The van der Waals surface area contributed by atoms with E-state index in [4.69, 9.17) is 10.5 Å². The van der Waals surface area contributed by atoms with Crippen molar-refractivity contribution in [2.75, 3.05) is 24.7 Å². The fourth-order valence-electron chi connectivity index (χ4n) is 2.61. The lowest BCUT2D eigenvalue weighted by atomic mass is 9.93. The number of hydrogen-bond acceptors (Lipinski definition) is 5. The Morgan fingerprint density at radius 3 is 2.37 bits per heavy atom. The fourth-order valence-corrected chi connectivity index (χ4v) is 2.61. The maximum atomic E-state index is 14.2. The first-order valence-electron chi connectivity index (χ1n) is 6.10. The molecule has 0 unspecified atom stereocenters. The standard InChI is InChI=1S/C12H16F2N2O3/c1-19-11(4-2-3-5-11)12(13,14)6-16-8-7(15)9(17)10(8)18/h16H,2-6,15H2,1H3. The van der Waals surface area contributed by atoms with E-state index in [1.54, 1.807) is 0 Å². The van der Waals surface area contributed by atoms with Crippen LogP contribution in [0.4, 0.5) is 20.2 Å². The second-order valence-electron chi connectivity index (χ2n) is 4.91. The molecule has 1 fully saturated rings. The number of nitrogens with two attached hydrogens (primary N) is 1. The minimum absolute atomic E-state index is 0.214. The zero-order chi connectivity index (χ0) is 14.3. The average Bonchev–Trinajstić information content (AvgIpc) is 2.88. The van der Waals surface area contributed by atoms with Crippen molar-refractivity contribution in [1.82, 2.24) is 0 Å². The summed E-state index contributed by atoms with van der Waals surface area (Å²) >= 11 is 0. The van der Waals surface area contributed by atoms with Gasteiger partial charge in [-0.25, -0.2) is 8.78 Å². The molecule has 0 heterocycles. The molecule has 2 rings (SSSR count). The van der Waals surface area contributed by atoms with Crippen molar-refractivity contribution >= 4 is 11.4 Å². The monoisotopic (exact) mass is 274 g/mol. The van der Waals surface area contributed by atoms with Gasteiger partial charge in [0.05, 0.1) is 6.54 Å². The van der Waals surface area contributed by atoms with Gasteiger partial charge < -0.3 is 15.8 Å². The summed E-state index contributed by atoms with van der Waals surface area (Å²) in [6.45, 7) is -0.768. The van der Waals surface area contributed by atoms with Crippen molar-refractivity contribution in [2.45, 2.75) is 37.2 Å². The molecule has 7 heteroatoms. The summed E-state index contributed by atoms with van der Waals surface area (Å²) in [7, 11) is 1.27. The van der Waals surface area contributed by atoms with Crippen molar-refractivity contribution in [2.24, 2.45) is 0 Å². The Bertz CT molecular complexity index is 543. The Hall–Kier alpha value is -1.50. The third kappa shape index (κ3) is 2.01. The van der Waals surface area contributed by atoms with Crippen LogP contribution in [-0.4, -0.2) is 25.2 Å². The van der Waals surface area contributed by atoms with Gasteiger partial charge in [0.1, 0.15) is 17.0 Å². The normalized spacial score (nSPS) is 18.9. The van der Waals surface area contributed by atoms with E-state index < -0.39 is 28.9 Å². The van der Waals surface area contributed by atoms with Crippen LogP contribution in [0.5, 0.6) is 0 Å². The van der Waals surface area contributed by atoms with Crippen molar-refractivity contribution in [3.63, 3.8) is 0 Å². The maximum Gasteiger partial charge on any atom is 0.293 e. The van der Waals surface area contributed by atoms with E-state index in [9.17, 15) is 18.4 Å². The highest BCUT2D eigenvalue weighted by molar-refractivity contribution is 5.71. The lowest BCUT2D eigenvalue weighted by Crippen LogP contribution is -2.52. The molecule has 0 bridgehead atoms. The lowest BCUT2D eigenvalue weighted by Gasteiger charge is -2.36. The minimum Gasteiger partial charge on any atom is -0.394 e. The number of ether oxygens (including phenoxy) is 1. The van der Waals surface area contributed by atoms with Crippen LogP contribution in [0.1, 0.15) is 25.7 Å². The topological polar surface area (TPSA) is 81.4 Å². The first-order chi connectivity index (χ1) is 8.84. The number of methoxy groups -OCH3 is 1. The van der Waals surface area contributed by atoms with E-state index in [1.165, 1.54) is 7.11 Å². The SMILES string of the molecule is COC1(C(F)(F)CNc2c(N)c(=O)c2=O)CCCC1. The fraction of sp³-hybridized carbons (Fsp3) is 0.667. The summed E-state index contributed by atoms with van der Waals surface area (Å²) in [6, 6.07) is 0. The Morgan fingerprint density at radius 1 is 1.32 bits per heavy atom. The number of rotatable bonds is 5. The van der Waals surface area contributed by atoms with E-state index in [-0.39, 0.29) is 24.2 Å². The Labute approximate surface area is 108 Å². The van der Waals surface area contributed by atoms with Gasteiger partial charge in [-0.2, -0.15) is 0 Å². The van der Waals surface area contributed by atoms with Gasteiger partial charge in [0.25, 0.3) is 16.8 Å². The number of anilines is 2. The molecular formula is C12H16F2N2O3. The van der Waals surface area contributed by atoms with Crippen molar-refractivity contribution in [3.05, 3.63) is 20.4 Å². The van der Waals surface area contributed by atoms with E-state index >= 15 is 0 Å². The summed E-state index contributed by atoms with van der Waals surface area (Å²) in [5.74, 6) is -3.13. The molecule has 5 nitrogen and oxygen atoms in total. The largest absolute Gasteiger partial charge is 0.394 e. The van der Waals surface area contributed by atoms with Crippen molar-refractivity contribution in [3.8, 4) is 0 Å². The van der Waals surface area contributed by atoms with Gasteiger partial charge in [0.15, 0.2) is 0 Å². The van der Waals surface area contributed by atoms with Crippen LogP contribution in [0.2, 0.25) is 0 Å². The van der Waals surface area contributed by atoms with Crippen LogP contribution in [0, 0.1) is 0 Å². The van der Waals surface area contributed by atoms with E-state index in [1.807, 2.05) is 0 Å². The molecule has 0 saturated heterocycles. The lowest BCUT2D eigenvalue weighted by molar-refractivity contribution is -0.184. The molecular weight excluding hydrogens is 258 g/mol. The summed E-state index contributed by atoms with van der Waals surface area (Å²) in [5.41, 5.74) is 1.62. The number of nitrogen functional groups attached to an aromatic ring is 1. The summed E-state index contributed by atoms with van der Waals surface area (Å²) in [6.07, 6.45) is 1.93. The first kappa shape index (κ1) is 13.9. The number of nitrogens with one attached hydrogen (secondary N) is 1. The summed E-state index contributed by atoms with van der Waals surface area (Å²) in [5, 5.41) is 2.28. The van der Waals surface area contributed by atoms with E-state index in [0.717, 1.165) is 0 Å². The number of hydrogen-bond donors (Lipinski definition) is 2. The molecule has 3 N–H and O–H groups in total. The van der Waals surface area contributed by atoms with Crippen LogP contribution in [-0.2, 0) is 4.74 Å². The Kier molecular flexibility index (Phi) is 3.34. The summed E-state index contributed by atoms with van der Waals surface area (Å²) < 4.78 is 33.5. The quantitative estimate of drug-likeness (QED) is 0.779. The van der Waals surface area contributed by atoms with Crippen LogP contribution in [0.15, 0.2) is 9.59 Å². The van der Waals surface area contributed by atoms with Crippen molar-refractivity contribution < 1.29 is 13.5 Å². The molecule has 1 aliphatic rings. The first-order valence-corrected chi connectivity index (χ1v) is 6.10. The third-order valence-electron chi connectivity index (χ3n) is 3.90. The highest BCUT2D eigenvalue weighted by Crippen LogP contribution is 2.44. The molecule has 19 heavy (non-hydrogen) atoms. The molecule has 0 radical (unpaired) electrons. The van der Waals surface area contributed by atoms with Gasteiger partial charge in [-0.05, 0) is 12.8 Å². The molecule has 1 saturated carbocycles. The zero-order valence-electron chi connectivity index (χ0n) is 10.6. The zero-order valence-corrected chi connectivity index (χ0v) is 10.6. The molecule has 106 valence electrons. The molecule has 0 amide bonds. The van der Waals surface area contributed by atoms with Gasteiger partial charge in [-0.3, -0.25) is 9.59 Å². The van der Waals surface area contributed by atoms with E-state index in [2.05, 4.69) is 5.32 Å². The molecule has 1 aliphatic carbocycles. The predicted molar refractivity (Wildman–Crippen MR) is 67.4 cm³/mol. The molecule has 0 aromatic heterocycles. The second kappa shape index (κ2) is 4.56. The molecule has 1 aromatic carbocycles. The minimum atomic E-state index is -3.13. The van der Waals surface area contributed by atoms with Gasteiger partial charge in [0.2, 0.25) is 0 Å². The van der Waals surface area contributed by atoms with Gasteiger partial charge in [-0.1, -0.05) is 12.8 Å². The van der Waals surface area contributed by atoms with Gasteiger partial charge in [0, 0.05) is 7.11 Å². The second-order valence-corrected chi connectivity index (χ2v) is 4.91. The molecule has 0 aliphatic heterocycles. The van der Waals surface area contributed by atoms with Crippen LogP contribution < -0.4 is 21.9 Å². The van der Waals surface area contributed by atoms with Crippen molar-refractivity contribution in [1.29, 1.82) is 0 Å². The highest BCUT2D eigenvalue weighted by Gasteiger charge is 2.55. The maximum absolute atomic E-state index is 14.2. The van der Waals surface area contributed by atoms with Gasteiger partial charge in [-0.15, -0.1) is 0 Å². The smallest absolute Gasteiger partial charge is 0.293 e. The number of halogens is 2. The predicted octanol–water partition coefficient (Wildman–Crippen LogP) is 0.871. The van der Waals surface area contributed by atoms with Gasteiger partial charge >= 0.3 is 0 Å². The van der Waals surface area contributed by atoms with Crippen LogP contribution >= 0.6 is 0 Å². The Balaban J connectivity index is 2.10. The Morgan fingerprint density at radius 2 is 1.89 bits per heavy atom. The molecule has 0 spiro atoms. The molecule has 1 aromatic rings. The third-order valence-corrected chi connectivity index (χ3v) is 3.90. The summed E-state index contributed by atoms with van der Waals surface area (Å²) in [4.78, 5) is 22.0.